The fourth-order valence-corrected chi connectivity index (χ4v) is 2.82. The van der Waals surface area contributed by atoms with Crippen molar-refractivity contribution in [1.29, 1.82) is 0 Å². The van der Waals surface area contributed by atoms with Crippen LogP contribution >= 0.6 is 0 Å². The van der Waals surface area contributed by atoms with Crippen LogP contribution < -0.4 is 5.32 Å². The fraction of sp³-hybridized carbons (Fsp3) is 0.438. The molecule has 0 amide bonds. The van der Waals surface area contributed by atoms with Gasteiger partial charge in [-0.1, -0.05) is 23.8 Å². The van der Waals surface area contributed by atoms with Crippen molar-refractivity contribution in [2.45, 2.75) is 39.7 Å². The summed E-state index contributed by atoms with van der Waals surface area (Å²) >= 11 is 0. The summed E-state index contributed by atoms with van der Waals surface area (Å²) in [7, 11) is 0. The summed E-state index contributed by atoms with van der Waals surface area (Å²) in [5, 5.41) is 8.37. The SMILES string of the molecule is CCn1nc(-c2cccc(C)c2)c2c1NCCCC2. The van der Waals surface area contributed by atoms with Gasteiger partial charge in [-0.25, -0.2) is 4.68 Å². The third kappa shape index (κ3) is 2.25. The van der Waals surface area contributed by atoms with Crippen LogP contribution in [-0.2, 0) is 13.0 Å². The molecule has 0 radical (unpaired) electrons. The number of nitrogens with zero attached hydrogens (tertiary/aromatic N) is 2. The summed E-state index contributed by atoms with van der Waals surface area (Å²) in [6.07, 6.45) is 3.62. The molecule has 0 saturated carbocycles. The standard InChI is InChI=1S/C16H21N3/c1-3-19-16-14(9-4-5-10-17-16)15(18-19)13-8-6-7-12(2)11-13/h6-8,11,17H,3-5,9-10H2,1-2H3. The first kappa shape index (κ1) is 12.3. The van der Waals surface area contributed by atoms with Crippen LogP contribution in [0.2, 0.25) is 0 Å². The number of nitrogens with one attached hydrogen (secondary N) is 1. The van der Waals surface area contributed by atoms with Gasteiger partial charge in [0.05, 0.1) is 5.69 Å². The topological polar surface area (TPSA) is 29.9 Å². The van der Waals surface area contributed by atoms with Gasteiger partial charge in [0.2, 0.25) is 0 Å². The maximum Gasteiger partial charge on any atom is 0.128 e. The summed E-state index contributed by atoms with van der Waals surface area (Å²) in [5.41, 5.74) is 5.09. The molecule has 0 bridgehead atoms. The molecule has 1 aliphatic heterocycles. The van der Waals surface area contributed by atoms with Gasteiger partial charge in [0.15, 0.2) is 0 Å². The van der Waals surface area contributed by atoms with E-state index in [4.69, 9.17) is 5.10 Å². The molecule has 1 aromatic heterocycles. The predicted molar refractivity (Wildman–Crippen MR) is 79.5 cm³/mol. The van der Waals surface area contributed by atoms with Crippen molar-refractivity contribution < 1.29 is 0 Å². The molecule has 3 rings (SSSR count). The first-order valence-corrected chi connectivity index (χ1v) is 7.20. The summed E-state index contributed by atoms with van der Waals surface area (Å²) in [5.74, 6) is 1.23. The smallest absolute Gasteiger partial charge is 0.128 e. The largest absolute Gasteiger partial charge is 0.370 e. The molecule has 2 heterocycles. The molecule has 1 aliphatic rings. The molecular formula is C16H21N3. The lowest BCUT2D eigenvalue weighted by molar-refractivity contribution is 0.665. The van der Waals surface area contributed by atoms with E-state index in [1.807, 2.05) is 0 Å². The average molecular weight is 255 g/mol. The Balaban J connectivity index is 2.13. The van der Waals surface area contributed by atoms with Crippen LogP contribution in [0.1, 0.15) is 30.9 Å². The van der Waals surface area contributed by atoms with Crippen molar-refractivity contribution in [2.75, 3.05) is 11.9 Å². The van der Waals surface area contributed by atoms with E-state index in [9.17, 15) is 0 Å². The van der Waals surface area contributed by atoms with E-state index in [0.29, 0.717) is 0 Å². The van der Waals surface area contributed by atoms with Crippen LogP contribution in [0.3, 0.4) is 0 Å². The summed E-state index contributed by atoms with van der Waals surface area (Å²) in [6, 6.07) is 8.65. The van der Waals surface area contributed by atoms with Crippen LogP contribution in [0.5, 0.6) is 0 Å². The van der Waals surface area contributed by atoms with Crippen molar-refractivity contribution in [2.24, 2.45) is 0 Å². The van der Waals surface area contributed by atoms with Gasteiger partial charge in [0, 0.05) is 24.2 Å². The molecule has 0 aliphatic carbocycles. The Morgan fingerprint density at radius 3 is 3.00 bits per heavy atom. The van der Waals surface area contributed by atoms with E-state index < -0.39 is 0 Å². The molecular weight excluding hydrogens is 234 g/mol. The van der Waals surface area contributed by atoms with Crippen LogP contribution in [0.25, 0.3) is 11.3 Å². The highest BCUT2D eigenvalue weighted by molar-refractivity contribution is 5.70. The molecule has 1 aromatic carbocycles. The van der Waals surface area contributed by atoms with Gasteiger partial charge in [0.1, 0.15) is 5.82 Å². The zero-order valence-electron chi connectivity index (χ0n) is 11.7. The van der Waals surface area contributed by atoms with Gasteiger partial charge in [-0.3, -0.25) is 0 Å². The van der Waals surface area contributed by atoms with Crippen LogP contribution in [0.15, 0.2) is 24.3 Å². The molecule has 0 spiro atoms. The second-order valence-corrected chi connectivity index (χ2v) is 5.24. The van der Waals surface area contributed by atoms with E-state index in [1.165, 1.54) is 35.3 Å². The van der Waals surface area contributed by atoms with Crippen molar-refractivity contribution in [3.63, 3.8) is 0 Å². The Bertz CT molecular complexity index is 584. The number of aryl methyl sites for hydroxylation is 2. The first-order valence-electron chi connectivity index (χ1n) is 7.20. The van der Waals surface area contributed by atoms with Gasteiger partial charge in [0.25, 0.3) is 0 Å². The third-order valence-corrected chi connectivity index (χ3v) is 3.79. The molecule has 3 nitrogen and oxygen atoms in total. The van der Waals surface area contributed by atoms with Crippen molar-refractivity contribution >= 4 is 5.82 Å². The zero-order chi connectivity index (χ0) is 13.2. The summed E-state index contributed by atoms with van der Waals surface area (Å²) in [4.78, 5) is 0. The normalized spacial score (nSPS) is 14.6. The van der Waals surface area contributed by atoms with E-state index in [2.05, 4.69) is 48.1 Å². The number of hydrogen-bond donors (Lipinski definition) is 1. The number of benzene rings is 1. The summed E-state index contributed by atoms with van der Waals surface area (Å²) in [6.45, 7) is 6.27. The fourth-order valence-electron chi connectivity index (χ4n) is 2.82. The lowest BCUT2D eigenvalue weighted by Gasteiger charge is -2.06. The zero-order valence-corrected chi connectivity index (χ0v) is 11.7. The van der Waals surface area contributed by atoms with Crippen molar-refractivity contribution in [3.8, 4) is 11.3 Å². The van der Waals surface area contributed by atoms with Gasteiger partial charge < -0.3 is 5.32 Å². The molecule has 1 N–H and O–H groups in total. The highest BCUT2D eigenvalue weighted by Crippen LogP contribution is 2.32. The van der Waals surface area contributed by atoms with Crippen LogP contribution in [0.4, 0.5) is 5.82 Å². The summed E-state index contributed by atoms with van der Waals surface area (Å²) < 4.78 is 2.11. The Labute approximate surface area is 114 Å². The number of aromatic nitrogens is 2. The maximum atomic E-state index is 4.82. The minimum atomic E-state index is 0.918. The second kappa shape index (κ2) is 5.08. The molecule has 0 saturated heterocycles. The maximum absolute atomic E-state index is 4.82. The van der Waals surface area contributed by atoms with E-state index >= 15 is 0 Å². The number of fused-ring (bicyclic) bond motifs is 1. The molecule has 3 heteroatoms. The highest BCUT2D eigenvalue weighted by Gasteiger charge is 2.19. The number of hydrogen-bond acceptors (Lipinski definition) is 2. The lowest BCUT2D eigenvalue weighted by atomic mass is 10.0. The Hall–Kier alpha value is -1.77. The minimum absolute atomic E-state index is 0.918. The van der Waals surface area contributed by atoms with E-state index in [0.717, 1.165) is 25.2 Å². The Morgan fingerprint density at radius 1 is 1.32 bits per heavy atom. The van der Waals surface area contributed by atoms with Gasteiger partial charge in [-0.05, 0) is 39.2 Å². The van der Waals surface area contributed by atoms with Gasteiger partial charge in [-0.2, -0.15) is 5.10 Å². The first-order chi connectivity index (χ1) is 9.29. The van der Waals surface area contributed by atoms with E-state index in [-0.39, 0.29) is 0 Å². The number of rotatable bonds is 2. The van der Waals surface area contributed by atoms with Crippen molar-refractivity contribution in [1.82, 2.24) is 9.78 Å². The molecule has 100 valence electrons. The van der Waals surface area contributed by atoms with E-state index in [1.54, 1.807) is 0 Å². The Kier molecular flexibility index (Phi) is 3.28. The molecule has 0 fully saturated rings. The second-order valence-electron chi connectivity index (χ2n) is 5.24. The molecule has 19 heavy (non-hydrogen) atoms. The average Bonchev–Trinajstić information content (AvgIpc) is 2.59. The molecule has 0 unspecified atom stereocenters. The minimum Gasteiger partial charge on any atom is -0.370 e. The van der Waals surface area contributed by atoms with Crippen LogP contribution in [-0.4, -0.2) is 16.3 Å². The van der Waals surface area contributed by atoms with Gasteiger partial charge >= 0.3 is 0 Å². The predicted octanol–water partition coefficient (Wildman–Crippen LogP) is 3.63. The molecule has 0 atom stereocenters. The lowest BCUT2D eigenvalue weighted by Crippen LogP contribution is -2.07. The Morgan fingerprint density at radius 2 is 2.21 bits per heavy atom. The quantitative estimate of drug-likeness (QED) is 0.888. The monoisotopic (exact) mass is 255 g/mol. The molecule has 2 aromatic rings. The van der Waals surface area contributed by atoms with Crippen molar-refractivity contribution in [3.05, 3.63) is 35.4 Å². The van der Waals surface area contributed by atoms with Crippen LogP contribution in [0, 0.1) is 6.92 Å². The third-order valence-electron chi connectivity index (χ3n) is 3.79. The van der Waals surface area contributed by atoms with Gasteiger partial charge in [-0.15, -0.1) is 0 Å². The number of anilines is 1. The highest BCUT2D eigenvalue weighted by atomic mass is 15.3.